The summed E-state index contributed by atoms with van der Waals surface area (Å²) in [6.07, 6.45) is 0.623. The summed E-state index contributed by atoms with van der Waals surface area (Å²) in [6, 6.07) is 2.64. The average molecular weight is 608 g/mol. The predicted octanol–water partition coefficient (Wildman–Crippen LogP) is 4.56. The Hall–Kier alpha value is -3.28. The molecule has 2 aliphatic heterocycles. The van der Waals surface area contributed by atoms with Crippen LogP contribution in [0, 0.1) is 17.3 Å². The van der Waals surface area contributed by atoms with E-state index in [-0.39, 0.29) is 42.3 Å². The van der Waals surface area contributed by atoms with Crippen molar-refractivity contribution in [2.45, 2.75) is 71.4 Å². The summed E-state index contributed by atoms with van der Waals surface area (Å²) in [7, 11) is 1.38. The van der Waals surface area contributed by atoms with Crippen LogP contribution < -0.4 is 4.74 Å². The van der Waals surface area contributed by atoms with Crippen LogP contribution in [0.1, 0.15) is 80.9 Å². The van der Waals surface area contributed by atoms with E-state index in [1.807, 2.05) is 6.92 Å². The highest BCUT2D eigenvalue weighted by Crippen LogP contribution is 2.46. The van der Waals surface area contributed by atoms with Crippen LogP contribution in [0.3, 0.4) is 0 Å². The molecule has 0 bridgehead atoms. The van der Waals surface area contributed by atoms with E-state index in [2.05, 4.69) is 10.3 Å². The van der Waals surface area contributed by atoms with Crippen molar-refractivity contribution in [2.24, 2.45) is 24.3 Å². The van der Waals surface area contributed by atoms with E-state index in [4.69, 9.17) is 16.3 Å². The van der Waals surface area contributed by atoms with Gasteiger partial charge in [-0.25, -0.2) is 13.5 Å². The smallest absolute Gasteiger partial charge is 0.310 e. The van der Waals surface area contributed by atoms with Gasteiger partial charge in [-0.05, 0) is 50.3 Å². The number of alkyl halides is 2. The monoisotopic (exact) mass is 607 g/mol. The maximum Gasteiger partial charge on any atom is 0.310 e. The van der Waals surface area contributed by atoms with Gasteiger partial charge in [0.05, 0.1) is 17.4 Å². The number of ether oxygens (including phenoxy) is 1. The summed E-state index contributed by atoms with van der Waals surface area (Å²) in [4.78, 5) is 43.1. The van der Waals surface area contributed by atoms with Crippen molar-refractivity contribution in [3.63, 3.8) is 0 Å². The highest BCUT2D eigenvalue weighted by molar-refractivity contribution is 6.31. The molecule has 228 valence electrons. The number of carboxylic acid groups (broad SMARTS) is 1. The normalized spacial score (nSPS) is 26.1. The van der Waals surface area contributed by atoms with Crippen molar-refractivity contribution in [3.8, 4) is 5.75 Å². The summed E-state index contributed by atoms with van der Waals surface area (Å²) in [5.41, 5.74) is -0.221. The Morgan fingerprint density at radius 3 is 2.67 bits per heavy atom. The molecule has 1 saturated carbocycles. The van der Waals surface area contributed by atoms with Gasteiger partial charge in [-0.2, -0.15) is 0 Å². The van der Waals surface area contributed by atoms with E-state index in [1.54, 1.807) is 28.9 Å². The van der Waals surface area contributed by atoms with Crippen molar-refractivity contribution in [3.05, 3.63) is 39.7 Å². The van der Waals surface area contributed by atoms with Gasteiger partial charge >= 0.3 is 5.97 Å². The number of fused-ring (bicyclic) bond motifs is 1. The second kappa shape index (κ2) is 11.8. The van der Waals surface area contributed by atoms with Crippen LogP contribution in [0.2, 0.25) is 5.02 Å². The summed E-state index contributed by atoms with van der Waals surface area (Å²) in [5.74, 6) is -1.82. The Morgan fingerprint density at radius 2 is 2.00 bits per heavy atom. The number of hydrogen-bond acceptors (Lipinski definition) is 6. The number of halogens is 3. The van der Waals surface area contributed by atoms with Crippen LogP contribution in [0.15, 0.2) is 12.1 Å². The number of benzene rings is 1. The van der Waals surface area contributed by atoms with Crippen LogP contribution >= 0.6 is 11.6 Å². The SMILES string of the molecule is C[C@H]1CCN(C[C@@H]2c3c(OCc4nnn(C)c4C(F)F)ccc(Cl)c3CCN2C(=O)C2CCCCC2(C)C(=O)O)C1=O. The fourth-order valence-electron chi connectivity index (χ4n) is 6.75. The summed E-state index contributed by atoms with van der Waals surface area (Å²) in [5, 5.41) is 18.1. The van der Waals surface area contributed by atoms with Crippen LogP contribution in [-0.2, 0) is 34.5 Å². The molecule has 3 heterocycles. The predicted molar refractivity (Wildman–Crippen MR) is 148 cm³/mol. The minimum Gasteiger partial charge on any atom is -0.487 e. The zero-order valence-electron chi connectivity index (χ0n) is 24.0. The molecule has 2 fully saturated rings. The Balaban J connectivity index is 1.54. The molecular weight excluding hydrogens is 572 g/mol. The van der Waals surface area contributed by atoms with Crippen LogP contribution in [0.4, 0.5) is 8.78 Å². The first-order valence-corrected chi connectivity index (χ1v) is 14.7. The number of likely N-dealkylation sites (tertiary alicyclic amines) is 1. The minimum absolute atomic E-state index is 0.0144. The lowest BCUT2D eigenvalue weighted by Gasteiger charge is -2.45. The number of aliphatic carboxylic acids is 1. The molecule has 4 atom stereocenters. The quantitative estimate of drug-likeness (QED) is 0.467. The molecule has 1 aromatic heterocycles. The molecule has 5 rings (SSSR count). The molecule has 10 nitrogen and oxygen atoms in total. The molecule has 1 aliphatic carbocycles. The van der Waals surface area contributed by atoms with E-state index in [0.29, 0.717) is 55.1 Å². The number of hydrogen-bond donors (Lipinski definition) is 1. The molecule has 2 aromatic rings. The van der Waals surface area contributed by atoms with E-state index in [1.165, 1.54) is 7.05 Å². The standard InChI is InChI=1S/C29H36ClF2N5O5/c1-16-9-12-36(26(16)38)14-21-23-17(10-13-37(21)27(39)18-6-4-5-11-29(18,2)28(40)41)19(30)7-8-22(23)42-15-20-24(25(31)32)35(3)34-33-20/h7-8,16,18,21,25H,4-6,9-15H2,1-3H3,(H,40,41)/t16-,18?,21+,29?/m0/s1. The number of nitrogens with zero attached hydrogens (tertiary/aromatic N) is 5. The van der Waals surface area contributed by atoms with E-state index < -0.39 is 29.8 Å². The summed E-state index contributed by atoms with van der Waals surface area (Å²) < 4.78 is 34.5. The number of carbonyl (C=O) groups is 3. The van der Waals surface area contributed by atoms with E-state index >= 15 is 0 Å². The molecule has 1 N–H and O–H groups in total. The number of aryl methyl sites for hydroxylation is 1. The highest BCUT2D eigenvalue weighted by atomic mass is 35.5. The number of rotatable bonds is 8. The van der Waals surface area contributed by atoms with Gasteiger partial charge in [0, 0.05) is 43.2 Å². The maximum absolute atomic E-state index is 14.3. The van der Waals surface area contributed by atoms with Crippen LogP contribution in [0.5, 0.6) is 5.75 Å². The number of carbonyl (C=O) groups excluding carboxylic acids is 2. The van der Waals surface area contributed by atoms with Crippen LogP contribution in [0.25, 0.3) is 0 Å². The van der Waals surface area contributed by atoms with Gasteiger partial charge in [0.15, 0.2) is 0 Å². The first kappa shape index (κ1) is 30.2. The number of aromatic nitrogens is 3. The highest BCUT2D eigenvalue weighted by Gasteiger charge is 2.50. The average Bonchev–Trinajstić information content (AvgIpc) is 3.49. The Morgan fingerprint density at radius 1 is 1.24 bits per heavy atom. The third-order valence-electron chi connectivity index (χ3n) is 9.32. The lowest BCUT2D eigenvalue weighted by atomic mass is 9.66. The first-order valence-electron chi connectivity index (χ1n) is 14.4. The van der Waals surface area contributed by atoms with Gasteiger partial charge in [-0.3, -0.25) is 14.4 Å². The Kier molecular flexibility index (Phi) is 8.46. The zero-order chi connectivity index (χ0) is 30.3. The number of amides is 2. The lowest BCUT2D eigenvalue weighted by molar-refractivity contribution is -0.162. The van der Waals surface area contributed by atoms with E-state index in [0.717, 1.165) is 23.1 Å². The molecule has 3 aliphatic rings. The second-order valence-electron chi connectivity index (χ2n) is 11.9. The van der Waals surface area contributed by atoms with Gasteiger partial charge < -0.3 is 19.6 Å². The zero-order valence-corrected chi connectivity index (χ0v) is 24.7. The maximum atomic E-state index is 14.3. The van der Waals surface area contributed by atoms with Gasteiger partial charge in [0.25, 0.3) is 6.43 Å². The Labute approximate surface area is 247 Å². The molecular formula is C29H36ClF2N5O5. The fraction of sp³-hybridized carbons (Fsp3) is 0.621. The molecule has 13 heteroatoms. The minimum atomic E-state index is -2.80. The molecule has 1 aromatic carbocycles. The lowest BCUT2D eigenvalue weighted by Crippen LogP contribution is -2.52. The van der Waals surface area contributed by atoms with Crippen molar-refractivity contribution < 1.29 is 33.0 Å². The molecule has 42 heavy (non-hydrogen) atoms. The van der Waals surface area contributed by atoms with Crippen molar-refractivity contribution in [1.82, 2.24) is 24.8 Å². The second-order valence-corrected chi connectivity index (χ2v) is 12.3. The summed E-state index contributed by atoms with van der Waals surface area (Å²) >= 11 is 6.66. The van der Waals surface area contributed by atoms with Gasteiger partial charge in [0.1, 0.15) is 23.7 Å². The van der Waals surface area contributed by atoms with Gasteiger partial charge in [0.2, 0.25) is 11.8 Å². The summed E-state index contributed by atoms with van der Waals surface area (Å²) in [6.45, 7) is 4.22. The third kappa shape index (κ3) is 5.33. The molecule has 2 unspecified atom stereocenters. The first-order chi connectivity index (χ1) is 19.9. The van der Waals surface area contributed by atoms with Crippen molar-refractivity contribution >= 4 is 29.4 Å². The third-order valence-corrected chi connectivity index (χ3v) is 9.68. The number of carboxylic acids is 1. The van der Waals surface area contributed by atoms with Crippen LogP contribution in [-0.4, -0.2) is 67.3 Å². The van der Waals surface area contributed by atoms with Gasteiger partial charge in [-0.1, -0.05) is 36.6 Å². The van der Waals surface area contributed by atoms with Crippen molar-refractivity contribution in [1.29, 1.82) is 0 Å². The molecule has 0 radical (unpaired) electrons. The topological polar surface area (TPSA) is 118 Å². The molecule has 0 spiro atoms. The Bertz CT molecular complexity index is 1390. The fourth-order valence-corrected chi connectivity index (χ4v) is 7.01. The molecule has 2 amide bonds. The largest absolute Gasteiger partial charge is 0.487 e. The molecule has 1 saturated heterocycles. The van der Waals surface area contributed by atoms with Crippen molar-refractivity contribution in [2.75, 3.05) is 19.6 Å². The van der Waals surface area contributed by atoms with E-state index in [9.17, 15) is 28.3 Å². The van der Waals surface area contributed by atoms with Gasteiger partial charge in [-0.15, -0.1) is 5.10 Å².